The van der Waals surface area contributed by atoms with Crippen LogP contribution in [-0.4, -0.2) is 16.2 Å². The number of hydrogen-bond donors (Lipinski definition) is 2. The topological polar surface area (TPSA) is 57.5 Å². The SMILES string of the molecule is Cc1ccc(C(=O)O)c(O)c1.c1ccc([S+](c2ccccc2)c2ccccc2)cc1. The van der Waals surface area contributed by atoms with Gasteiger partial charge >= 0.3 is 5.97 Å². The zero-order chi connectivity index (χ0) is 21.3. The number of aryl methyl sites for hydroxylation is 1. The van der Waals surface area contributed by atoms with Crippen LogP contribution in [0.3, 0.4) is 0 Å². The van der Waals surface area contributed by atoms with E-state index >= 15 is 0 Å². The van der Waals surface area contributed by atoms with Crippen molar-refractivity contribution in [3.63, 3.8) is 0 Å². The Morgan fingerprint density at radius 1 is 0.667 bits per heavy atom. The molecular formula is C26H23O3S+. The van der Waals surface area contributed by atoms with Crippen molar-refractivity contribution in [3.05, 3.63) is 120 Å². The molecular weight excluding hydrogens is 392 g/mol. The predicted molar refractivity (Wildman–Crippen MR) is 121 cm³/mol. The minimum Gasteiger partial charge on any atom is -0.507 e. The van der Waals surface area contributed by atoms with Gasteiger partial charge in [-0.2, -0.15) is 0 Å². The van der Waals surface area contributed by atoms with Crippen molar-refractivity contribution >= 4 is 16.9 Å². The number of carboxylic acid groups (broad SMARTS) is 1. The van der Waals surface area contributed by atoms with E-state index in [1.807, 2.05) is 0 Å². The van der Waals surface area contributed by atoms with Crippen molar-refractivity contribution < 1.29 is 15.0 Å². The van der Waals surface area contributed by atoms with Gasteiger partial charge in [-0.3, -0.25) is 0 Å². The van der Waals surface area contributed by atoms with Crippen molar-refractivity contribution in [3.8, 4) is 5.75 Å². The zero-order valence-corrected chi connectivity index (χ0v) is 17.4. The fraction of sp³-hybridized carbons (Fsp3) is 0.0385. The van der Waals surface area contributed by atoms with E-state index in [0.29, 0.717) is 0 Å². The third-order valence-electron chi connectivity index (χ3n) is 4.32. The molecule has 150 valence electrons. The van der Waals surface area contributed by atoms with Crippen LogP contribution in [0.4, 0.5) is 0 Å². The van der Waals surface area contributed by atoms with Crippen LogP contribution in [0.2, 0.25) is 0 Å². The molecule has 4 rings (SSSR count). The fourth-order valence-corrected chi connectivity index (χ4v) is 5.00. The van der Waals surface area contributed by atoms with Gasteiger partial charge in [-0.25, -0.2) is 4.79 Å². The molecule has 0 atom stereocenters. The smallest absolute Gasteiger partial charge is 0.339 e. The van der Waals surface area contributed by atoms with Gasteiger partial charge in [0.25, 0.3) is 0 Å². The Morgan fingerprint density at radius 3 is 1.40 bits per heavy atom. The summed E-state index contributed by atoms with van der Waals surface area (Å²) >= 11 is 0. The molecule has 3 nitrogen and oxygen atoms in total. The van der Waals surface area contributed by atoms with Gasteiger partial charge in [-0.05, 0) is 61.0 Å². The highest BCUT2D eigenvalue weighted by Crippen LogP contribution is 2.30. The first-order chi connectivity index (χ1) is 14.6. The second kappa shape index (κ2) is 10.3. The fourth-order valence-electron chi connectivity index (χ4n) is 2.90. The van der Waals surface area contributed by atoms with E-state index in [-0.39, 0.29) is 22.2 Å². The van der Waals surface area contributed by atoms with E-state index in [1.165, 1.54) is 26.8 Å². The normalized spacial score (nSPS) is 10.2. The standard InChI is InChI=1S/C18H15S.C8H8O3/c1-4-10-16(11-5-1)19(17-12-6-2-7-13-17)18-14-8-3-9-15-18;1-5-2-3-6(8(10)11)7(9)4-5/h1-15H;2-4,9H,1H3,(H,10,11)/q+1;. The van der Waals surface area contributed by atoms with Gasteiger partial charge in [-0.1, -0.05) is 60.7 Å². The molecule has 30 heavy (non-hydrogen) atoms. The molecule has 0 spiro atoms. The van der Waals surface area contributed by atoms with E-state index in [1.54, 1.807) is 13.0 Å². The maximum atomic E-state index is 10.4. The average molecular weight is 416 g/mol. The minimum absolute atomic E-state index is 0.0146. The second-order valence-corrected chi connectivity index (χ2v) is 8.60. The lowest BCUT2D eigenvalue weighted by molar-refractivity contribution is 0.0693. The van der Waals surface area contributed by atoms with E-state index < -0.39 is 5.97 Å². The molecule has 0 saturated carbocycles. The number of benzene rings is 4. The molecule has 4 heteroatoms. The second-order valence-electron chi connectivity index (χ2n) is 6.57. The maximum Gasteiger partial charge on any atom is 0.339 e. The van der Waals surface area contributed by atoms with E-state index in [0.717, 1.165) is 5.56 Å². The summed E-state index contributed by atoms with van der Waals surface area (Å²) in [6.07, 6.45) is 0. The first kappa shape index (κ1) is 21.2. The molecule has 0 unspecified atom stereocenters. The van der Waals surface area contributed by atoms with Crippen molar-refractivity contribution in [2.24, 2.45) is 0 Å². The summed E-state index contributed by atoms with van der Waals surface area (Å²) in [4.78, 5) is 14.5. The van der Waals surface area contributed by atoms with Crippen LogP contribution in [-0.2, 0) is 10.9 Å². The lowest BCUT2D eigenvalue weighted by atomic mass is 10.1. The quantitative estimate of drug-likeness (QED) is 0.391. The van der Waals surface area contributed by atoms with Crippen LogP contribution < -0.4 is 0 Å². The van der Waals surface area contributed by atoms with E-state index in [9.17, 15) is 4.79 Å². The van der Waals surface area contributed by atoms with Gasteiger partial charge in [-0.15, -0.1) is 0 Å². The van der Waals surface area contributed by atoms with E-state index in [4.69, 9.17) is 10.2 Å². The van der Waals surface area contributed by atoms with E-state index in [2.05, 4.69) is 91.0 Å². The summed E-state index contributed by atoms with van der Waals surface area (Å²) in [7, 11) is -0.0146. The minimum atomic E-state index is -1.11. The van der Waals surface area contributed by atoms with Crippen LogP contribution in [0.5, 0.6) is 5.75 Å². The Bertz CT molecular complexity index is 987. The number of rotatable bonds is 4. The molecule has 0 saturated heterocycles. The number of aromatic carboxylic acids is 1. The van der Waals surface area contributed by atoms with Gasteiger partial charge in [0, 0.05) is 0 Å². The molecule has 0 bridgehead atoms. The highest BCUT2D eigenvalue weighted by atomic mass is 32.2. The molecule has 4 aromatic carbocycles. The largest absolute Gasteiger partial charge is 0.507 e. The third kappa shape index (κ3) is 5.52. The van der Waals surface area contributed by atoms with Gasteiger partial charge in [0.05, 0.1) is 10.9 Å². The van der Waals surface area contributed by atoms with Crippen molar-refractivity contribution in [2.45, 2.75) is 21.6 Å². The zero-order valence-electron chi connectivity index (χ0n) is 16.6. The average Bonchev–Trinajstić information content (AvgIpc) is 2.76. The Balaban J connectivity index is 0.000000199. The maximum absolute atomic E-state index is 10.4. The Hall–Kier alpha value is -3.50. The van der Waals surface area contributed by atoms with Gasteiger partial charge in [0.2, 0.25) is 0 Å². The lowest BCUT2D eigenvalue weighted by Gasteiger charge is -2.07. The lowest BCUT2D eigenvalue weighted by Crippen LogP contribution is -2.04. The number of carboxylic acids is 1. The highest BCUT2D eigenvalue weighted by molar-refractivity contribution is 7.97. The molecule has 0 amide bonds. The van der Waals surface area contributed by atoms with Crippen LogP contribution in [0.25, 0.3) is 0 Å². The molecule has 4 aromatic rings. The van der Waals surface area contributed by atoms with Crippen molar-refractivity contribution in [2.75, 3.05) is 0 Å². The molecule has 0 aliphatic heterocycles. The van der Waals surface area contributed by atoms with Crippen molar-refractivity contribution in [1.29, 1.82) is 0 Å². The number of aromatic hydroxyl groups is 1. The van der Waals surface area contributed by atoms with Crippen molar-refractivity contribution in [1.82, 2.24) is 0 Å². The predicted octanol–water partition coefficient (Wildman–Crippen LogP) is 6.18. The van der Waals surface area contributed by atoms with Crippen LogP contribution >= 0.6 is 0 Å². The van der Waals surface area contributed by atoms with Gasteiger partial charge in [0.15, 0.2) is 14.7 Å². The number of hydrogen-bond acceptors (Lipinski definition) is 2. The summed E-state index contributed by atoms with van der Waals surface area (Å²) in [6.45, 7) is 1.78. The summed E-state index contributed by atoms with van der Waals surface area (Å²) in [5, 5.41) is 17.6. The summed E-state index contributed by atoms with van der Waals surface area (Å²) in [6, 6.07) is 36.6. The van der Waals surface area contributed by atoms with Gasteiger partial charge < -0.3 is 10.2 Å². The first-order valence-corrected chi connectivity index (χ1v) is 10.7. The Labute approximate surface area is 179 Å². The molecule has 0 radical (unpaired) electrons. The van der Waals surface area contributed by atoms with Crippen LogP contribution in [0.15, 0.2) is 124 Å². The van der Waals surface area contributed by atoms with Crippen LogP contribution in [0.1, 0.15) is 15.9 Å². The number of phenols is 1. The van der Waals surface area contributed by atoms with Crippen LogP contribution in [0, 0.1) is 6.92 Å². The highest BCUT2D eigenvalue weighted by Gasteiger charge is 2.27. The molecule has 0 aliphatic carbocycles. The van der Waals surface area contributed by atoms with Gasteiger partial charge in [0.1, 0.15) is 11.3 Å². The molecule has 0 fully saturated rings. The summed E-state index contributed by atoms with van der Waals surface area (Å²) in [5.41, 5.74) is 0.781. The Kier molecular flexibility index (Phi) is 7.30. The summed E-state index contributed by atoms with van der Waals surface area (Å²) in [5.74, 6) is -1.29. The first-order valence-electron chi connectivity index (χ1n) is 9.48. The molecule has 0 aliphatic rings. The number of carbonyl (C=O) groups is 1. The summed E-state index contributed by atoms with van der Waals surface area (Å²) < 4.78 is 0. The molecule has 2 N–H and O–H groups in total. The molecule has 0 aromatic heterocycles. The Morgan fingerprint density at radius 2 is 1.07 bits per heavy atom. The molecule has 0 heterocycles. The third-order valence-corrected chi connectivity index (χ3v) is 6.55. The monoisotopic (exact) mass is 415 g/mol.